The van der Waals surface area contributed by atoms with Crippen molar-refractivity contribution in [3.8, 4) is 0 Å². The van der Waals surface area contributed by atoms with Crippen LogP contribution in [-0.2, 0) is 14.3 Å². The summed E-state index contributed by atoms with van der Waals surface area (Å²) in [6.07, 6.45) is 10.4. The van der Waals surface area contributed by atoms with Crippen LogP contribution in [0.4, 0.5) is 0 Å². The van der Waals surface area contributed by atoms with Gasteiger partial charge in [0.2, 0.25) is 0 Å². The largest absolute Gasteiger partial charge is 0.462 e. The maximum Gasteiger partial charge on any atom is 0.302 e. The first-order valence-electron chi connectivity index (χ1n) is 11.0. The highest BCUT2D eigenvalue weighted by Gasteiger charge is 2.61. The van der Waals surface area contributed by atoms with Gasteiger partial charge in [0, 0.05) is 19.3 Å². The van der Waals surface area contributed by atoms with Crippen LogP contribution in [-0.4, -0.2) is 17.9 Å². The third-order valence-electron chi connectivity index (χ3n) is 9.17. The van der Waals surface area contributed by atoms with Gasteiger partial charge in [-0.15, -0.1) is 0 Å². The fourth-order valence-electron chi connectivity index (χ4n) is 8.19. The van der Waals surface area contributed by atoms with E-state index in [-0.39, 0.29) is 28.8 Å². The van der Waals surface area contributed by atoms with Crippen molar-refractivity contribution in [1.29, 1.82) is 0 Å². The van der Waals surface area contributed by atoms with E-state index in [9.17, 15) is 9.59 Å². The summed E-state index contributed by atoms with van der Waals surface area (Å²) in [4.78, 5) is 23.8. The molecule has 0 aromatic heterocycles. The molecule has 3 nitrogen and oxygen atoms in total. The van der Waals surface area contributed by atoms with Crippen LogP contribution in [0.25, 0.3) is 0 Å². The summed E-state index contributed by atoms with van der Waals surface area (Å²) in [7, 11) is 0. The van der Waals surface area contributed by atoms with Crippen molar-refractivity contribution in [2.75, 3.05) is 0 Å². The molecule has 0 N–H and O–H groups in total. The van der Waals surface area contributed by atoms with Gasteiger partial charge in [-0.1, -0.05) is 32.4 Å². The van der Waals surface area contributed by atoms with E-state index in [4.69, 9.17) is 4.74 Å². The van der Waals surface area contributed by atoms with Crippen molar-refractivity contribution in [2.24, 2.45) is 40.4 Å². The number of Topliss-reactive ketones (excluding diaryl/α,β-unsaturated/α-hetero) is 1. The number of carbonyl (C=O) groups excluding carboxylic acids is 2. The molecule has 4 aliphatic rings. The van der Waals surface area contributed by atoms with Crippen molar-refractivity contribution in [2.45, 2.75) is 85.7 Å². The van der Waals surface area contributed by atoms with Gasteiger partial charge in [0.25, 0.3) is 0 Å². The highest BCUT2D eigenvalue weighted by atomic mass is 16.5. The molecule has 8 atom stereocenters. The van der Waals surface area contributed by atoms with Crippen molar-refractivity contribution in [3.63, 3.8) is 0 Å². The molecular weight excluding hydrogens is 336 g/mol. The minimum absolute atomic E-state index is 0.0702. The second kappa shape index (κ2) is 6.46. The van der Waals surface area contributed by atoms with Crippen molar-refractivity contribution in [3.05, 3.63) is 11.6 Å². The first-order valence-corrected chi connectivity index (χ1v) is 11.0. The van der Waals surface area contributed by atoms with Gasteiger partial charge in [0.1, 0.15) is 11.9 Å². The highest BCUT2D eigenvalue weighted by Crippen LogP contribution is 2.67. The molecule has 27 heavy (non-hydrogen) atoms. The fraction of sp³-hybridized carbons (Fsp3) is 0.833. The molecule has 0 aromatic carbocycles. The SMILES string of the molecule is CC(=O)O[C@H]1CC[C@@]2(C)C(=CC[C@H]3[C@@H]4C[C@H](C)[C@H](C(C)=O)[C@@]4(C)CC[C@@H]32)C1. The van der Waals surface area contributed by atoms with E-state index in [0.29, 0.717) is 17.6 Å². The molecule has 0 aromatic rings. The zero-order valence-electron chi connectivity index (χ0n) is 17.7. The Bertz CT molecular complexity index is 679. The number of ether oxygens (including phenoxy) is 1. The molecule has 0 aliphatic heterocycles. The fourth-order valence-corrected chi connectivity index (χ4v) is 8.19. The molecule has 4 rings (SSSR count). The standard InChI is InChI=1S/C24H36O3/c1-14-12-21-19-7-6-17-13-18(27-16(3)26)8-10-23(17,4)20(19)9-11-24(21,5)22(14)15(2)25/h6,14,18-22H,7-13H2,1-5H3/t14-,18-,19+,20-,21-,22+,23-,24-/m0/s1. The van der Waals surface area contributed by atoms with Gasteiger partial charge < -0.3 is 4.74 Å². The lowest BCUT2D eigenvalue weighted by Crippen LogP contribution is -2.51. The number of rotatable bonds is 2. The minimum Gasteiger partial charge on any atom is -0.462 e. The Morgan fingerprint density at radius 2 is 1.85 bits per heavy atom. The number of fused-ring (bicyclic) bond motifs is 5. The molecule has 150 valence electrons. The van der Waals surface area contributed by atoms with Crippen LogP contribution >= 0.6 is 0 Å². The van der Waals surface area contributed by atoms with Crippen LogP contribution in [0.2, 0.25) is 0 Å². The topological polar surface area (TPSA) is 43.4 Å². The van der Waals surface area contributed by atoms with E-state index < -0.39 is 0 Å². The molecule has 0 amide bonds. The Morgan fingerprint density at radius 3 is 2.52 bits per heavy atom. The van der Waals surface area contributed by atoms with Gasteiger partial charge >= 0.3 is 5.97 Å². The maximum atomic E-state index is 12.4. The van der Waals surface area contributed by atoms with Gasteiger partial charge in [-0.2, -0.15) is 0 Å². The number of carbonyl (C=O) groups is 2. The van der Waals surface area contributed by atoms with Crippen molar-refractivity contribution < 1.29 is 14.3 Å². The molecule has 3 fully saturated rings. The zero-order valence-corrected chi connectivity index (χ0v) is 17.7. The second-order valence-electron chi connectivity index (χ2n) is 10.6. The predicted octanol–water partition coefficient (Wildman–Crippen LogP) is 5.33. The van der Waals surface area contributed by atoms with Crippen LogP contribution in [0.1, 0.15) is 79.6 Å². The Morgan fingerprint density at radius 1 is 1.11 bits per heavy atom. The van der Waals surface area contributed by atoms with E-state index in [1.807, 2.05) is 6.92 Å². The third-order valence-corrected chi connectivity index (χ3v) is 9.17. The molecule has 0 radical (unpaired) electrons. The number of ketones is 1. The molecule has 0 bridgehead atoms. The van der Waals surface area contributed by atoms with Gasteiger partial charge in [-0.3, -0.25) is 9.59 Å². The summed E-state index contributed by atoms with van der Waals surface area (Å²) in [5.74, 6) is 3.16. The van der Waals surface area contributed by atoms with Crippen LogP contribution in [0.3, 0.4) is 0 Å². The van der Waals surface area contributed by atoms with Crippen molar-refractivity contribution in [1.82, 2.24) is 0 Å². The van der Waals surface area contributed by atoms with Crippen LogP contribution in [0.5, 0.6) is 0 Å². The first kappa shape index (κ1) is 19.2. The van der Waals surface area contributed by atoms with Gasteiger partial charge in [0.05, 0.1) is 0 Å². The number of hydrogen-bond donors (Lipinski definition) is 0. The smallest absolute Gasteiger partial charge is 0.302 e. The lowest BCUT2D eigenvalue weighted by molar-refractivity contribution is -0.149. The van der Waals surface area contributed by atoms with Crippen molar-refractivity contribution >= 4 is 11.8 Å². The summed E-state index contributed by atoms with van der Waals surface area (Å²) in [5.41, 5.74) is 2.00. The first-order chi connectivity index (χ1) is 12.7. The van der Waals surface area contributed by atoms with Gasteiger partial charge in [-0.25, -0.2) is 0 Å². The zero-order chi connectivity index (χ0) is 19.6. The third kappa shape index (κ3) is 2.83. The molecule has 3 saturated carbocycles. The minimum atomic E-state index is -0.151. The summed E-state index contributed by atoms with van der Waals surface area (Å²) < 4.78 is 5.54. The summed E-state index contributed by atoms with van der Waals surface area (Å²) in [5, 5.41) is 0. The van der Waals surface area contributed by atoms with E-state index in [2.05, 4.69) is 26.8 Å². The highest BCUT2D eigenvalue weighted by molar-refractivity contribution is 5.80. The van der Waals surface area contributed by atoms with Crippen LogP contribution in [0.15, 0.2) is 11.6 Å². The average Bonchev–Trinajstić information content (AvgIpc) is 2.85. The molecule has 3 heteroatoms. The summed E-state index contributed by atoms with van der Waals surface area (Å²) >= 11 is 0. The lowest BCUT2D eigenvalue weighted by atomic mass is 9.47. The summed E-state index contributed by atoms with van der Waals surface area (Å²) in [6.45, 7) is 10.5. The molecule has 0 heterocycles. The molecule has 4 aliphatic carbocycles. The quantitative estimate of drug-likeness (QED) is 0.486. The average molecular weight is 373 g/mol. The number of hydrogen-bond acceptors (Lipinski definition) is 3. The summed E-state index contributed by atoms with van der Waals surface area (Å²) in [6, 6.07) is 0. The van der Waals surface area contributed by atoms with E-state index in [1.54, 1.807) is 5.57 Å². The molecule has 0 saturated heterocycles. The Kier molecular flexibility index (Phi) is 4.59. The van der Waals surface area contributed by atoms with Gasteiger partial charge in [-0.05, 0) is 80.0 Å². The Hall–Kier alpha value is -1.12. The van der Waals surface area contributed by atoms with E-state index >= 15 is 0 Å². The number of esters is 1. The van der Waals surface area contributed by atoms with Crippen LogP contribution < -0.4 is 0 Å². The van der Waals surface area contributed by atoms with Crippen LogP contribution in [0, 0.1) is 40.4 Å². The maximum absolute atomic E-state index is 12.4. The van der Waals surface area contributed by atoms with Gasteiger partial charge in [0.15, 0.2) is 0 Å². The Balaban J connectivity index is 1.61. The Labute approximate surface area is 164 Å². The lowest BCUT2D eigenvalue weighted by Gasteiger charge is -2.58. The molecule has 0 unspecified atom stereocenters. The monoisotopic (exact) mass is 372 g/mol. The molecule has 0 spiro atoms. The normalized spacial score (nSPS) is 48.7. The molecular formula is C24H36O3. The van der Waals surface area contributed by atoms with E-state index in [1.165, 1.54) is 26.2 Å². The van der Waals surface area contributed by atoms with E-state index in [0.717, 1.165) is 37.5 Å². The number of allylic oxidation sites excluding steroid dienone is 1. The second-order valence-corrected chi connectivity index (χ2v) is 10.6. The predicted molar refractivity (Wildman–Crippen MR) is 106 cm³/mol.